The molecule has 0 aliphatic carbocycles. The number of likely N-dealkylation sites (N-methyl/N-ethyl adjacent to an activating group) is 1. The largest absolute Gasteiger partial charge is 0.383 e. The van der Waals surface area contributed by atoms with Gasteiger partial charge in [0.25, 0.3) is 0 Å². The number of methoxy groups -OCH3 is 1. The Morgan fingerprint density at radius 1 is 1.54 bits per heavy atom. The molecule has 1 N–H and O–H groups in total. The summed E-state index contributed by atoms with van der Waals surface area (Å²) in [5.74, 6) is 0.914. The third-order valence-corrected chi connectivity index (χ3v) is 2.92. The van der Waals surface area contributed by atoms with Crippen molar-refractivity contribution in [2.45, 2.75) is 19.4 Å². The lowest BCUT2D eigenvalue weighted by Gasteiger charge is -2.31. The van der Waals surface area contributed by atoms with E-state index in [-0.39, 0.29) is 0 Å². The van der Waals surface area contributed by atoms with Gasteiger partial charge in [0, 0.05) is 13.2 Å². The van der Waals surface area contributed by atoms with Crippen molar-refractivity contribution in [2.75, 3.05) is 40.4 Å². The van der Waals surface area contributed by atoms with Crippen LogP contribution in [0.15, 0.2) is 0 Å². The van der Waals surface area contributed by atoms with Crippen molar-refractivity contribution in [1.29, 1.82) is 0 Å². The fourth-order valence-corrected chi connectivity index (χ4v) is 1.53. The number of nitrogens with one attached hydrogen (secondary N) is 1. The zero-order valence-corrected chi connectivity index (χ0v) is 9.05. The standard InChI is InChI=1S/C10H22N2O/c1-9(8-13-3)12(2)5-4-10-6-11-7-10/h9-11H,4-8H2,1-3H3. The van der Waals surface area contributed by atoms with E-state index in [2.05, 4.69) is 24.2 Å². The zero-order chi connectivity index (χ0) is 9.68. The van der Waals surface area contributed by atoms with Crippen LogP contribution in [-0.2, 0) is 4.74 Å². The Balaban J connectivity index is 2.04. The highest BCUT2D eigenvalue weighted by atomic mass is 16.5. The van der Waals surface area contributed by atoms with Crippen LogP contribution in [0, 0.1) is 5.92 Å². The number of rotatable bonds is 6. The van der Waals surface area contributed by atoms with E-state index in [1.54, 1.807) is 7.11 Å². The van der Waals surface area contributed by atoms with Crippen molar-refractivity contribution >= 4 is 0 Å². The Labute approximate surface area is 81.4 Å². The first-order valence-electron chi connectivity index (χ1n) is 5.14. The molecule has 3 nitrogen and oxygen atoms in total. The number of nitrogens with zero attached hydrogens (tertiary/aromatic N) is 1. The lowest BCUT2D eigenvalue weighted by molar-refractivity contribution is 0.109. The molecule has 1 heterocycles. The van der Waals surface area contributed by atoms with E-state index >= 15 is 0 Å². The van der Waals surface area contributed by atoms with E-state index in [1.165, 1.54) is 26.1 Å². The normalized spacial score (nSPS) is 20.3. The molecule has 0 amide bonds. The highest BCUT2D eigenvalue weighted by Gasteiger charge is 2.17. The maximum absolute atomic E-state index is 5.12. The second-order valence-corrected chi connectivity index (χ2v) is 4.10. The van der Waals surface area contributed by atoms with Crippen molar-refractivity contribution in [3.05, 3.63) is 0 Å². The van der Waals surface area contributed by atoms with Crippen LogP contribution in [-0.4, -0.2) is 51.3 Å². The number of hydrogen-bond acceptors (Lipinski definition) is 3. The summed E-state index contributed by atoms with van der Waals surface area (Å²) in [5, 5.41) is 3.30. The highest BCUT2D eigenvalue weighted by molar-refractivity contribution is 4.76. The summed E-state index contributed by atoms with van der Waals surface area (Å²) in [6.07, 6.45) is 1.32. The lowest BCUT2D eigenvalue weighted by Crippen LogP contribution is -2.44. The van der Waals surface area contributed by atoms with E-state index in [0.29, 0.717) is 6.04 Å². The number of hydrogen-bond donors (Lipinski definition) is 1. The van der Waals surface area contributed by atoms with E-state index in [4.69, 9.17) is 4.74 Å². The fourth-order valence-electron chi connectivity index (χ4n) is 1.53. The van der Waals surface area contributed by atoms with Crippen LogP contribution in [0.4, 0.5) is 0 Å². The van der Waals surface area contributed by atoms with E-state index in [9.17, 15) is 0 Å². The van der Waals surface area contributed by atoms with Crippen molar-refractivity contribution in [3.8, 4) is 0 Å². The molecule has 13 heavy (non-hydrogen) atoms. The van der Waals surface area contributed by atoms with Crippen LogP contribution >= 0.6 is 0 Å². The molecule has 0 radical (unpaired) electrons. The Hall–Kier alpha value is -0.120. The second-order valence-electron chi connectivity index (χ2n) is 4.10. The molecule has 1 aliphatic heterocycles. The Morgan fingerprint density at radius 2 is 2.23 bits per heavy atom. The molecule has 0 aromatic carbocycles. The predicted molar refractivity (Wildman–Crippen MR) is 54.9 cm³/mol. The van der Waals surface area contributed by atoms with E-state index in [0.717, 1.165) is 12.5 Å². The molecular weight excluding hydrogens is 164 g/mol. The lowest BCUT2D eigenvalue weighted by atomic mass is 9.99. The van der Waals surface area contributed by atoms with Gasteiger partial charge in [0.15, 0.2) is 0 Å². The first-order chi connectivity index (χ1) is 6.24. The molecule has 0 aromatic heterocycles. The topological polar surface area (TPSA) is 24.5 Å². The Bertz CT molecular complexity index is 137. The SMILES string of the molecule is COCC(C)N(C)CCC1CNC1. The van der Waals surface area contributed by atoms with Gasteiger partial charge in [-0.25, -0.2) is 0 Å². The molecule has 1 rings (SSSR count). The van der Waals surface area contributed by atoms with Gasteiger partial charge in [-0.2, -0.15) is 0 Å². The van der Waals surface area contributed by atoms with Gasteiger partial charge < -0.3 is 15.0 Å². The minimum Gasteiger partial charge on any atom is -0.383 e. The van der Waals surface area contributed by atoms with Gasteiger partial charge in [-0.15, -0.1) is 0 Å². The van der Waals surface area contributed by atoms with Gasteiger partial charge in [0.05, 0.1) is 6.61 Å². The van der Waals surface area contributed by atoms with Gasteiger partial charge in [-0.3, -0.25) is 0 Å². The molecule has 1 atom stereocenters. The van der Waals surface area contributed by atoms with Gasteiger partial charge in [0.1, 0.15) is 0 Å². The van der Waals surface area contributed by atoms with Crippen LogP contribution in [0.25, 0.3) is 0 Å². The highest BCUT2D eigenvalue weighted by Crippen LogP contribution is 2.09. The van der Waals surface area contributed by atoms with Crippen molar-refractivity contribution in [3.63, 3.8) is 0 Å². The van der Waals surface area contributed by atoms with Crippen molar-refractivity contribution < 1.29 is 4.74 Å². The third-order valence-electron chi connectivity index (χ3n) is 2.92. The number of ether oxygens (including phenoxy) is 1. The molecule has 0 saturated carbocycles. The first-order valence-corrected chi connectivity index (χ1v) is 5.14. The van der Waals surface area contributed by atoms with Gasteiger partial charge >= 0.3 is 0 Å². The minimum absolute atomic E-state index is 0.540. The smallest absolute Gasteiger partial charge is 0.0615 e. The third kappa shape index (κ3) is 3.63. The monoisotopic (exact) mass is 186 g/mol. The zero-order valence-electron chi connectivity index (χ0n) is 9.05. The van der Waals surface area contributed by atoms with Crippen molar-refractivity contribution in [1.82, 2.24) is 10.2 Å². The molecule has 0 spiro atoms. The molecule has 78 valence electrons. The summed E-state index contributed by atoms with van der Waals surface area (Å²) >= 11 is 0. The van der Waals surface area contributed by atoms with Crippen LogP contribution < -0.4 is 5.32 Å². The molecule has 0 aromatic rings. The second kappa shape index (κ2) is 5.58. The van der Waals surface area contributed by atoms with Gasteiger partial charge in [-0.05, 0) is 45.9 Å². The van der Waals surface area contributed by atoms with Gasteiger partial charge in [0.2, 0.25) is 0 Å². The van der Waals surface area contributed by atoms with Gasteiger partial charge in [-0.1, -0.05) is 0 Å². The van der Waals surface area contributed by atoms with Crippen molar-refractivity contribution in [2.24, 2.45) is 5.92 Å². The van der Waals surface area contributed by atoms with Crippen LogP contribution in [0.3, 0.4) is 0 Å². The van der Waals surface area contributed by atoms with Crippen LogP contribution in [0.5, 0.6) is 0 Å². The summed E-state index contributed by atoms with van der Waals surface area (Å²) in [5.41, 5.74) is 0. The van der Waals surface area contributed by atoms with E-state index in [1.807, 2.05) is 0 Å². The molecule has 3 heteroatoms. The summed E-state index contributed by atoms with van der Waals surface area (Å²) in [4.78, 5) is 2.38. The molecule has 1 aliphatic rings. The summed E-state index contributed by atoms with van der Waals surface area (Å²) < 4.78 is 5.12. The molecular formula is C10H22N2O. The first kappa shape index (κ1) is 11.0. The summed E-state index contributed by atoms with van der Waals surface area (Å²) in [7, 11) is 3.94. The van der Waals surface area contributed by atoms with Crippen LogP contribution in [0.2, 0.25) is 0 Å². The molecule has 0 bridgehead atoms. The average Bonchev–Trinajstić information content (AvgIpc) is 2.01. The average molecular weight is 186 g/mol. The molecule has 1 fully saturated rings. The minimum atomic E-state index is 0.540. The predicted octanol–water partition coefficient (Wildman–Crippen LogP) is 0.563. The summed E-state index contributed by atoms with van der Waals surface area (Å²) in [6.45, 7) is 6.66. The maximum Gasteiger partial charge on any atom is 0.0615 e. The fraction of sp³-hybridized carbons (Fsp3) is 1.00. The Morgan fingerprint density at radius 3 is 2.69 bits per heavy atom. The quantitative estimate of drug-likeness (QED) is 0.656. The maximum atomic E-state index is 5.12. The summed E-state index contributed by atoms with van der Waals surface area (Å²) in [6, 6.07) is 0.540. The molecule has 1 unspecified atom stereocenters. The molecule has 1 saturated heterocycles. The van der Waals surface area contributed by atoms with E-state index < -0.39 is 0 Å². The Kier molecular flexibility index (Phi) is 4.70. The van der Waals surface area contributed by atoms with Crippen LogP contribution in [0.1, 0.15) is 13.3 Å².